The Hall–Kier alpha value is -1.43. The molecule has 0 heterocycles. The van der Waals surface area contributed by atoms with E-state index in [0.29, 0.717) is 5.56 Å². The fraction of sp³-hybridized carbons (Fsp3) is 0.385. The number of hydrogen-bond donors (Lipinski definition) is 3. The van der Waals surface area contributed by atoms with Crippen LogP contribution in [0.3, 0.4) is 0 Å². The summed E-state index contributed by atoms with van der Waals surface area (Å²) < 4.78 is 25.5. The first-order valence-electron chi connectivity index (χ1n) is 5.98. The van der Waals surface area contributed by atoms with Crippen molar-refractivity contribution in [1.82, 2.24) is 4.31 Å². The Labute approximate surface area is 118 Å². The maximum absolute atomic E-state index is 12.3. The molecule has 7 heteroatoms. The molecule has 0 spiro atoms. The van der Waals surface area contributed by atoms with E-state index >= 15 is 0 Å². The van der Waals surface area contributed by atoms with Gasteiger partial charge in [-0.15, -0.1) is 0 Å². The molecule has 0 aromatic heterocycles. The molecule has 0 bridgehead atoms. The summed E-state index contributed by atoms with van der Waals surface area (Å²) in [7, 11) is -3.75. The van der Waals surface area contributed by atoms with E-state index in [0.717, 1.165) is 4.31 Å². The summed E-state index contributed by atoms with van der Waals surface area (Å²) in [6.45, 7) is -1.05. The van der Waals surface area contributed by atoms with Crippen molar-refractivity contribution in [2.75, 3.05) is 32.9 Å². The first-order chi connectivity index (χ1) is 9.56. The second-order valence-corrected chi connectivity index (χ2v) is 5.77. The van der Waals surface area contributed by atoms with Gasteiger partial charge in [0.1, 0.15) is 6.61 Å². The number of rotatable bonds is 6. The monoisotopic (exact) mass is 299 g/mol. The summed E-state index contributed by atoms with van der Waals surface area (Å²) in [5.74, 6) is 5.13. The van der Waals surface area contributed by atoms with Crippen LogP contribution in [0.2, 0.25) is 0 Å². The molecule has 0 radical (unpaired) electrons. The highest BCUT2D eigenvalue weighted by molar-refractivity contribution is 7.89. The average molecular weight is 299 g/mol. The lowest BCUT2D eigenvalue weighted by atomic mass is 10.2. The smallest absolute Gasteiger partial charge is 0.243 e. The van der Waals surface area contributed by atoms with Gasteiger partial charge in [0.05, 0.1) is 18.1 Å². The molecule has 110 valence electrons. The van der Waals surface area contributed by atoms with Gasteiger partial charge in [0.2, 0.25) is 10.0 Å². The quantitative estimate of drug-likeness (QED) is 0.586. The van der Waals surface area contributed by atoms with Crippen LogP contribution in [0.1, 0.15) is 5.56 Å². The van der Waals surface area contributed by atoms with Crippen LogP contribution in [0, 0.1) is 11.8 Å². The minimum Gasteiger partial charge on any atom is -0.395 e. The molecule has 0 amide bonds. The van der Waals surface area contributed by atoms with Crippen LogP contribution < -0.4 is 0 Å². The van der Waals surface area contributed by atoms with Gasteiger partial charge < -0.3 is 15.3 Å². The highest BCUT2D eigenvalue weighted by atomic mass is 32.2. The average Bonchev–Trinajstić information content (AvgIpc) is 2.45. The van der Waals surface area contributed by atoms with E-state index in [1.165, 1.54) is 24.3 Å². The molecule has 0 saturated heterocycles. The molecule has 0 saturated carbocycles. The van der Waals surface area contributed by atoms with E-state index in [1.807, 2.05) is 0 Å². The Morgan fingerprint density at radius 1 is 1.00 bits per heavy atom. The molecule has 1 aromatic carbocycles. The molecule has 0 aliphatic carbocycles. The van der Waals surface area contributed by atoms with Gasteiger partial charge in [-0.3, -0.25) is 0 Å². The molecule has 0 fully saturated rings. The number of aliphatic hydroxyl groups excluding tert-OH is 3. The van der Waals surface area contributed by atoms with Gasteiger partial charge in [0.25, 0.3) is 0 Å². The first kappa shape index (κ1) is 16.6. The molecular formula is C13H17NO5S. The lowest BCUT2D eigenvalue weighted by molar-refractivity contribution is 0.217. The standard InChI is InChI=1S/C13H17NO5S/c15-9-1-2-12-3-5-13(6-4-12)20(18,19)14(7-10-16)8-11-17/h3-6,15-17H,7-11H2. The summed E-state index contributed by atoms with van der Waals surface area (Å²) in [5.41, 5.74) is 0.592. The molecule has 3 N–H and O–H groups in total. The zero-order valence-electron chi connectivity index (χ0n) is 10.9. The second-order valence-electron chi connectivity index (χ2n) is 3.84. The van der Waals surface area contributed by atoms with Crippen LogP contribution in [0.15, 0.2) is 29.2 Å². The molecule has 0 aliphatic rings. The Morgan fingerprint density at radius 3 is 2.00 bits per heavy atom. The highest BCUT2D eigenvalue weighted by Gasteiger charge is 2.23. The molecular weight excluding hydrogens is 282 g/mol. The fourth-order valence-electron chi connectivity index (χ4n) is 1.58. The van der Waals surface area contributed by atoms with E-state index in [1.54, 1.807) is 0 Å². The summed E-state index contributed by atoms with van der Waals surface area (Å²) in [4.78, 5) is 0.0638. The largest absolute Gasteiger partial charge is 0.395 e. The topological polar surface area (TPSA) is 98.1 Å². The summed E-state index contributed by atoms with van der Waals surface area (Å²) in [6, 6.07) is 5.87. The van der Waals surface area contributed by atoms with Crippen molar-refractivity contribution in [2.24, 2.45) is 0 Å². The Morgan fingerprint density at radius 2 is 1.55 bits per heavy atom. The second kappa shape index (κ2) is 7.99. The highest BCUT2D eigenvalue weighted by Crippen LogP contribution is 2.15. The van der Waals surface area contributed by atoms with Crippen molar-refractivity contribution in [3.8, 4) is 11.8 Å². The molecule has 0 aliphatic heterocycles. The Kier molecular flexibility index (Phi) is 6.64. The minimum absolute atomic E-state index is 0.0638. The molecule has 20 heavy (non-hydrogen) atoms. The van der Waals surface area contributed by atoms with E-state index in [9.17, 15) is 8.42 Å². The maximum Gasteiger partial charge on any atom is 0.243 e. The lowest BCUT2D eigenvalue weighted by Gasteiger charge is -2.20. The molecule has 0 unspecified atom stereocenters. The zero-order chi connectivity index (χ0) is 15.0. The van der Waals surface area contributed by atoms with E-state index < -0.39 is 10.0 Å². The van der Waals surface area contributed by atoms with Crippen molar-refractivity contribution >= 4 is 10.0 Å². The van der Waals surface area contributed by atoms with Crippen molar-refractivity contribution in [1.29, 1.82) is 0 Å². The number of hydrogen-bond acceptors (Lipinski definition) is 5. The van der Waals surface area contributed by atoms with Gasteiger partial charge in [-0.25, -0.2) is 8.42 Å². The van der Waals surface area contributed by atoms with Gasteiger partial charge in [-0.05, 0) is 24.3 Å². The van der Waals surface area contributed by atoms with Gasteiger partial charge in [-0.1, -0.05) is 11.8 Å². The number of aliphatic hydroxyl groups is 3. The van der Waals surface area contributed by atoms with Crippen LogP contribution in [-0.4, -0.2) is 61.0 Å². The first-order valence-corrected chi connectivity index (χ1v) is 7.42. The third-order valence-corrected chi connectivity index (χ3v) is 4.42. The molecule has 6 nitrogen and oxygen atoms in total. The predicted molar refractivity (Wildman–Crippen MR) is 73.3 cm³/mol. The van der Waals surface area contributed by atoms with Crippen molar-refractivity contribution in [3.05, 3.63) is 29.8 Å². The zero-order valence-corrected chi connectivity index (χ0v) is 11.7. The fourth-order valence-corrected chi connectivity index (χ4v) is 3.00. The molecule has 1 aromatic rings. The lowest BCUT2D eigenvalue weighted by Crippen LogP contribution is -2.35. The van der Waals surface area contributed by atoms with Gasteiger partial charge in [-0.2, -0.15) is 4.31 Å². The van der Waals surface area contributed by atoms with Gasteiger partial charge in [0.15, 0.2) is 0 Å². The third kappa shape index (κ3) is 4.30. The number of benzene rings is 1. The van der Waals surface area contributed by atoms with Crippen molar-refractivity contribution in [2.45, 2.75) is 4.90 Å². The van der Waals surface area contributed by atoms with E-state index in [4.69, 9.17) is 15.3 Å². The summed E-state index contributed by atoms with van der Waals surface area (Å²) in [6.07, 6.45) is 0. The maximum atomic E-state index is 12.3. The van der Waals surface area contributed by atoms with Crippen LogP contribution in [-0.2, 0) is 10.0 Å². The van der Waals surface area contributed by atoms with Crippen LogP contribution in [0.25, 0.3) is 0 Å². The van der Waals surface area contributed by atoms with Gasteiger partial charge in [0, 0.05) is 18.7 Å². The van der Waals surface area contributed by atoms with Crippen LogP contribution in [0.5, 0.6) is 0 Å². The Bertz CT molecular complexity index is 565. The number of nitrogens with zero attached hydrogens (tertiary/aromatic N) is 1. The van der Waals surface area contributed by atoms with Crippen LogP contribution >= 0.6 is 0 Å². The van der Waals surface area contributed by atoms with Crippen molar-refractivity contribution < 1.29 is 23.7 Å². The van der Waals surface area contributed by atoms with Crippen molar-refractivity contribution in [3.63, 3.8) is 0 Å². The SMILES string of the molecule is O=S(=O)(c1ccc(C#CCO)cc1)N(CCO)CCO. The molecule has 0 atom stereocenters. The van der Waals surface area contributed by atoms with Crippen LogP contribution in [0.4, 0.5) is 0 Å². The predicted octanol–water partition coefficient (Wildman–Crippen LogP) is -0.994. The normalized spacial score (nSPS) is 11.2. The summed E-state index contributed by atoms with van der Waals surface area (Å²) in [5, 5.41) is 26.3. The van der Waals surface area contributed by atoms with E-state index in [2.05, 4.69) is 11.8 Å². The third-order valence-electron chi connectivity index (χ3n) is 2.50. The summed E-state index contributed by atoms with van der Waals surface area (Å²) >= 11 is 0. The Balaban J connectivity index is 3.02. The molecule has 1 rings (SSSR count). The number of sulfonamides is 1. The van der Waals surface area contributed by atoms with E-state index in [-0.39, 0.29) is 37.8 Å². The minimum atomic E-state index is -3.75. The van der Waals surface area contributed by atoms with Gasteiger partial charge >= 0.3 is 0 Å².